The maximum Gasteiger partial charge on any atom is 0.0578 e. The topological polar surface area (TPSA) is 15.0 Å². The third kappa shape index (κ3) is 1.96. The first-order valence-electron chi connectivity index (χ1n) is 7.15. The van der Waals surface area contributed by atoms with Gasteiger partial charge in [-0.15, -0.1) is 0 Å². The van der Waals surface area contributed by atoms with Gasteiger partial charge in [-0.3, -0.25) is 0 Å². The molecule has 0 aromatic heterocycles. The molecule has 2 aromatic rings. The first kappa shape index (κ1) is 13.0. The summed E-state index contributed by atoms with van der Waals surface area (Å²) in [5.41, 5.74) is 4.01. The number of nitrogens with one attached hydrogen (secondary N) is 1. The van der Waals surface area contributed by atoms with Crippen LogP contribution in [0.25, 0.3) is 0 Å². The van der Waals surface area contributed by atoms with Crippen LogP contribution in [-0.2, 0) is 0 Å². The lowest BCUT2D eigenvalue weighted by molar-refractivity contribution is 0.652. The summed E-state index contributed by atoms with van der Waals surface area (Å²) in [4.78, 5) is 2.46. The molecule has 0 bridgehead atoms. The van der Waals surface area contributed by atoms with Crippen molar-refractivity contribution in [3.63, 3.8) is 0 Å². The second-order valence-corrected chi connectivity index (χ2v) is 6.49. The minimum atomic E-state index is 0.237. The summed E-state index contributed by atoms with van der Waals surface area (Å²) in [6.07, 6.45) is 0. The second-order valence-electron chi connectivity index (χ2n) is 6.49. The van der Waals surface area contributed by atoms with E-state index >= 15 is 0 Å². The molecule has 1 N–H and O–H groups in total. The van der Waals surface area contributed by atoms with Crippen molar-refractivity contribution in [1.82, 2.24) is 0 Å². The summed E-state index contributed by atoms with van der Waals surface area (Å²) < 4.78 is 0. The Bertz CT molecular complexity index is 583. The molecule has 104 valence electrons. The molecule has 1 aliphatic heterocycles. The molecular formula is C18H22N2. The van der Waals surface area contributed by atoms with Gasteiger partial charge in [0, 0.05) is 17.1 Å². The highest BCUT2D eigenvalue weighted by Gasteiger charge is 2.62. The lowest BCUT2D eigenvalue weighted by atomic mass is 10.0. The van der Waals surface area contributed by atoms with Crippen molar-refractivity contribution in [2.45, 2.75) is 38.8 Å². The van der Waals surface area contributed by atoms with Gasteiger partial charge in [0.15, 0.2) is 0 Å². The normalized spacial score (nSPS) is 18.7. The molecule has 0 amide bonds. The molecule has 0 spiro atoms. The monoisotopic (exact) mass is 266 g/mol. The molecule has 1 saturated heterocycles. The van der Waals surface area contributed by atoms with Gasteiger partial charge in [-0.2, -0.15) is 0 Å². The van der Waals surface area contributed by atoms with E-state index in [1.165, 1.54) is 5.69 Å². The number of benzene rings is 2. The molecular weight excluding hydrogens is 244 g/mol. The maximum atomic E-state index is 3.41. The molecule has 2 heteroatoms. The van der Waals surface area contributed by atoms with Crippen LogP contribution in [0.3, 0.4) is 0 Å². The van der Waals surface area contributed by atoms with Crippen molar-refractivity contribution in [3.05, 3.63) is 54.6 Å². The average Bonchev–Trinajstić information content (AvgIpc) is 2.82. The number of nitrogens with zero attached hydrogens (tertiary/aromatic N) is 1. The highest BCUT2D eigenvalue weighted by molar-refractivity contribution is 5.68. The minimum absolute atomic E-state index is 0.237. The van der Waals surface area contributed by atoms with Crippen LogP contribution in [0.1, 0.15) is 27.7 Å². The van der Waals surface area contributed by atoms with E-state index in [1.54, 1.807) is 0 Å². The number of rotatable bonds is 3. The summed E-state index contributed by atoms with van der Waals surface area (Å²) in [7, 11) is 0. The molecule has 3 rings (SSSR count). The van der Waals surface area contributed by atoms with Gasteiger partial charge < -0.3 is 10.2 Å². The first-order valence-corrected chi connectivity index (χ1v) is 7.15. The molecule has 0 atom stereocenters. The minimum Gasteiger partial charge on any atom is -0.357 e. The zero-order valence-electron chi connectivity index (χ0n) is 12.6. The van der Waals surface area contributed by atoms with Gasteiger partial charge in [0.25, 0.3) is 0 Å². The summed E-state index contributed by atoms with van der Waals surface area (Å²) in [5.74, 6) is 0. The maximum absolute atomic E-state index is 3.41. The summed E-state index contributed by atoms with van der Waals surface area (Å²) >= 11 is 0. The van der Waals surface area contributed by atoms with Gasteiger partial charge in [0.05, 0.1) is 11.1 Å². The molecule has 0 saturated carbocycles. The average molecular weight is 266 g/mol. The van der Waals surface area contributed by atoms with E-state index in [0.29, 0.717) is 0 Å². The van der Waals surface area contributed by atoms with Gasteiger partial charge in [-0.05, 0) is 64.1 Å². The summed E-state index contributed by atoms with van der Waals surface area (Å²) in [6.45, 7) is 9.18. The van der Waals surface area contributed by atoms with Crippen LogP contribution >= 0.6 is 0 Å². The number of hydrogen-bond donors (Lipinski definition) is 1. The molecule has 0 unspecified atom stereocenters. The fraction of sp³-hybridized carbons (Fsp3) is 0.333. The van der Waals surface area contributed by atoms with Crippen LogP contribution in [0, 0.1) is 0 Å². The Morgan fingerprint density at radius 2 is 1.20 bits per heavy atom. The zero-order valence-corrected chi connectivity index (χ0v) is 12.6. The molecule has 0 aliphatic carbocycles. The molecule has 2 aromatic carbocycles. The van der Waals surface area contributed by atoms with E-state index in [-0.39, 0.29) is 11.1 Å². The Labute approximate surface area is 121 Å². The summed E-state index contributed by atoms with van der Waals surface area (Å²) in [5, 5.41) is 3.41. The van der Waals surface area contributed by atoms with Gasteiger partial charge in [-0.25, -0.2) is 0 Å². The van der Waals surface area contributed by atoms with Crippen molar-refractivity contribution in [1.29, 1.82) is 0 Å². The Kier molecular flexibility index (Phi) is 2.79. The molecule has 0 radical (unpaired) electrons. The quantitative estimate of drug-likeness (QED) is 0.802. The zero-order chi connectivity index (χ0) is 14.4. The lowest BCUT2D eigenvalue weighted by Crippen LogP contribution is -2.10. The highest BCUT2D eigenvalue weighted by Crippen LogP contribution is 2.53. The smallest absolute Gasteiger partial charge is 0.0578 e. The largest absolute Gasteiger partial charge is 0.357 e. The van der Waals surface area contributed by atoms with E-state index in [2.05, 4.69) is 74.3 Å². The first-order chi connectivity index (χ1) is 9.43. The second kappa shape index (κ2) is 4.27. The third-order valence-electron chi connectivity index (χ3n) is 4.75. The molecule has 1 fully saturated rings. The fourth-order valence-electron chi connectivity index (χ4n) is 2.95. The van der Waals surface area contributed by atoms with Crippen LogP contribution < -0.4 is 10.2 Å². The van der Waals surface area contributed by atoms with E-state index < -0.39 is 0 Å². The van der Waals surface area contributed by atoms with Gasteiger partial charge >= 0.3 is 0 Å². The Morgan fingerprint density at radius 1 is 0.700 bits per heavy atom. The van der Waals surface area contributed by atoms with E-state index in [9.17, 15) is 0 Å². The van der Waals surface area contributed by atoms with Crippen molar-refractivity contribution < 1.29 is 0 Å². The van der Waals surface area contributed by atoms with Crippen LogP contribution in [0.4, 0.5) is 17.1 Å². The predicted molar refractivity (Wildman–Crippen MR) is 86.8 cm³/mol. The Morgan fingerprint density at radius 3 is 1.70 bits per heavy atom. The molecule has 1 aliphatic rings. The van der Waals surface area contributed by atoms with Crippen LogP contribution in [0.2, 0.25) is 0 Å². The number of hydrogen-bond acceptors (Lipinski definition) is 2. The Balaban J connectivity index is 1.76. The Hall–Kier alpha value is -1.96. The highest BCUT2D eigenvalue weighted by atomic mass is 15.4. The van der Waals surface area contributed by atoms with Crippen molar-refractivity contribution in [2.24, 2.45) is 0 Å². The molecule has 1 heterocycles. The van der Waals surface area contributed by atoms with Crippen molar-refractivity contribution in [2.75, 3.05) is 10.2 Å². The van der Waals surface area contributed by atoms with E-state index in [1.807, 2.05) is 18.2 Å². The standard InChI is InChI=1S/C18H22N2/c1-17(2)18(3,4)20(17)16-12-10-15(11-13-16)19-14-8-6-5-7-9-14/h5-13,19H,1-4H3. The van der Waals surface area contributed by atoms with Gasteiger partial charge in [0.1, 0.15) is 0 Å². The van der Waals surface area contributed by atoms with E-state index in [4.69, 9.17) is 0 Å². The summed E-state index contributed by atoms with van der Waals surface area (Å²) in [6, 6.07) is 18.9. The predicted octanol–water partition coefficient (Wildman–Crippen LogP) is 4.81. The van der Waals surface area contributed by atoms with Crippen LogP contribution in [0.15, 0.2) is 54.6 Å². The van der Waals surface area contributed by atoms with Crippen molar-refractivity contribution >= 4 is 17.1 Å². The SMILES string of the molecule is CC1(C)N(c2ccc(Nc3ccccc3)cc2)C1(C)C. The molecule has 2 nitrogen and oxygen atoms in total. The van der Waals surface area contributed by atoms with Crippen molar-refractivity contribution in [3.8, 4) is 0 Å². The number of anilines is 3. The van der Waals surface area contributed by atoms with E-state index in [0.717, 1.165) is 11.4 Å². The fourth-order valence-corrected chi connectivity index (χ4v) is 2.95. The van der Waals surface area contributed by atoms with Crippen LogP contribution in [0.5, 0.6) is 0 Å². The third-order valence-corrected chi connectivity index (χ3v) is 4.75. The van der Waals surface area contributed by atoms with Gasteiger partial charge in [-0.1, -0.05) is 18.2 Å². The van der Waals surface area contributed by atoms with Gasteiger partial charge in [0.2, 0.25) is 0 Å². The number of para-hydroxylation sites is 1. The molecule has 20 heavy (non-hydrogen) atoms. The van der Waals surface area contributed by atoms with Crippen LogP contribution in [-0.4, -0.2) is 11.1 Å². The lowest BCUT2D eigenvalue weighted by Gasteiger charge is -2.11.